The number of rotatable bonds is 2. The van der Waals surface area contributed by atoms with Gasteiger partial charge in [-0.2, -0.15) is 0 Å². The predicted octanol–water partition coefficient (Wildman–Crippen LogP) is 4.26. The Morgan fingerprint density at radius 2 is 2.16 bits per heavy atom. The van der Waals surface area contributed by atoms with E-state index in [9.17, 15) is 0 Å². The molecule has 1 atom stereocenters. The predicted molar refractivity (Wildman–Crippen MR) is 86.8 cm³/mol. The Hall–Kier alpha value is -1.09. The molecule has 1 N–H and O–H groups in total. The zero-order chi connectivity index (χ0) is 13.8. The second kappa shape index (κ2) is 6.38. The zero-order valence-electron chi connectivity index (χ0n) is 12.2. The van der Waals surface area contributed by atoms with Crippen LogP contribution < -0.4 is 5.32 Å². The Morgan fingerprint density at radius 1 is 1.37 bits per heavy atom. The molecule has 1 saturated heterocycles. The molecule has 1 aromatic rings. The Bertz CT molecular complexity index is 456. The second-order valence-corrected chi connectivity index (χ2v) is 5.82. The Kier molecular flexibility index (Phi) is 4.81. The molecule has 1 heterocycles. The molecule has 2 rings (SSSR count). The van der Waals surface area contributed by atoms with Crippen molar-refractivity contribution in [2.45, 2.75) is 52.5 Å². The van der Waals surface area contributed by atoms with Gasteiger partial charge in [-0.3, -0.25) is 0 Å². The van der Waals surface area contributed by atoms with E-state index in [0.29, 0.717) is 6.04 Å². The summed E-state index contributed by atoms with van der Waals surface area (Å²) >= 11 is 5.62. The van der Waals surface area contributed by atoms with E-state index in [2.05, 4.69) is 49.2 Å². The average molecular weight is 276 g/mol. The van der Waals surface area contributed by atoms with Gasteiger partial charge in [-0.05, 0) is 68.9 Å². The van der Waals surface area contributed by atoms with Gasteiger partial charge in [0.25, 0.3) is 0 Å². The minimum Gasteiger partial charge on any atom is -0.346 e. The molecular weight excluding hydrogens is 252 g/mol. The maximum atomic E-state index is 5.62. The fourth-order valence-electron chi connectivity index (χ4n) is 2.77. The fourth-order valence-corrected chi connectivity index (χ4v) is 3.12. The monoisotopic (exact) mass is 276 g/mol. The third-order valence-electron chi connectivity index (χ3n) is 4.21. The number of nitrogens with zero attached hydrogens (tertiary/aromatic N) is 1. The lowest BCUT2D eigenvalue weighted by atomic mass is 10.0. The van der Waals surface area contributed by atoms with Crippen LogP contribution >= 0.6 is 12.2 Å². The molecular formula is C16H24N2S. The molecule has 0 aliphatic carbocycles. The lowest BCUT2D eigenvalue weighted by Crippen LogP contribution is -2.45. The first-order chi connectivity index (χ1) is 9.13. The lowest BCUT2D eigenvalue weighted by molar-refractivity contribution is 0.239. The third kappa shape index (κ3) is 3.27. The molecule has 0 spiro atoms. The summed E-state index contributed by atoms with van der Waals surface area (Å²) in [6.07, 6.45) is 5.03. The van der Waals surface area contributed by atoms with Crippen molar-refractivity contribution < 1.29 is 0 Å². The summed E-state index contributed by atoms with van der Waals surface area (Å²) in [6, 6.07) is 6.94. The van der Waals surface area contributed by atoms with Crippen molar-refractivity contribution in [2.24, 2.45) is 0 Å². The minimum absolute atomic E-state index is 0.610. The van der Waals surface area contributed by atoms with Crippen LogP contribution in [0.3, 0.4) is 0 Å². The van der Waals surface area contributed by atoms with E-state index in [-0.39, 0.29) is 0 Å². The smallest absolute Gasteiger partial charge is 0.173 e. The molecule has 104 valence electrons. The first kappa shape index (κ1) is 14.3. The van der Waals surface area contributed by atoms with Crippen molar-refractivity contribution in [3.8, 4) is 0 Å². The van der Waals surface area contributed by atoms with E-state index in [1.165, 1.54) is 36.8 Å². The quantitative estimate of drug-likeness (QED) is 0.812. The summed E-state index contributed by atoms with van der Waals surface area (Å²) in [7, 11) is 0. The van der Waals surface area contributed by atoms with Gasteiger partial charge >= 0.3 is 0 Å². The van der Waals surface area contributed by atoms with Crippen molar-refractivity contribution >= 4 is 23.0 Å². The number of hydrogen-bond donors (Lipinski definition) is 1. The molecule has 0 bridgehead atoms. The van der Waals surface area contributed by atoms with Gasteiger partial charge in [0.15, 0.2) is 5.11 Å². The van der Waals surface area contributed by atoms with Crippen molar-refractivity contribution in [3.63, 3.8) is 0 Å². The van der Waals surface area contributed by atoms with Crippen LogP contribution in [0.25, 0.3) is 0 Å². The van der Waals surface area contributed by atoms with Gasteiger partial charge in [0.2, 0.25) is 0 Å². The Morgan fingerprint density at radius 3 is 2.89 bits per heavy atom. The van der Waals surface area contributed by atoms with Gasteiger partial charge in [-0.1, -0.05) is 19.1 Å². The van der Waals surface area contributed by atoms with Crippen molar-refractivity contribution in [2.75, 3.05) is 11.9 Å². The topological polar surface area (TPSA) is 15.3 Å². The number of benzene rings is 1. The van der Waals surface area contributed by atoms with Gasteiger partial charge in [-0.25, -0.2) is 0 Å². The van der Waals surface area contributed by atoms with Crippen LogP contribution in [0, 0.1) is 13.8 Å². The first-order valence-electron chi connectivity index (χ1n) is 7.27. The van der Waals surface area contributed by atoms with Crippen molar-refractivity contribution in [3.05, 3.63) is 29.3 Å². The summed E-state index contributed by atoms with van der Waals surface area (Å²) in [4.78, 5) is 2.38. The summed E-state index contributed by atoms with van der Waals surface area (Å²) < 4.78 is 0. The number of thiocarbonyl (C=S) groups is 1. The van der Waals surface area contributed by atoms with Gasteiger partial charge in [0, 0.05) is 18.3 Å². The van der Waals surface area contributed by atoms with Crippen LogP contribution in [0.1, 0.15) is 43.7 Å². The molecule has 2 nitrogen and oxygen atoms in total. The Labute approximate surface area is 122 Å². The number of likely N-dealkylation sites (tertiary alicyclic amines) is 1. The highest BCUT2D eigenvalue weighted by Gasteiger charge is 2.23. The van der Waals surface area contributed by atoms with Crippen LogP contribution in [0.2, 0.25) is 0 Å². The largest absolute Gasteiger partial charge is 0.346 e. The summed E-state index contributed by atoms with van der Waals surface area (Å²) in [5.74, 6) is 0. The van der Waals surface area contributed by atoms with Gasteiger partial charge in [0.05, 0.1) is 0 Å². The second-order valence-electron chi connectivity index (χ2n) is 5.43. The third-order valence-corrected chi connectivity index (χ3v) is 4.54. The van der Waals surface area contributed by atoms with Gasteiger partial charge < -0.3 is 10.2 Å². The van der Waals surface area contributed by atoms with Gasteiger partial charge in [0.1, 0.15) is 0 Å². The van der Waals surface area contributed by atoms with E-state index in [1.54, 1.807) is 0 Å². The van der Waals surface area contributed by atoms with Crippen LogP contribution in [-0.2, 0) is 0 Å². The first-order valence-corrected chi connectivity index (χ1v) is 7.68. The van der Waals surface area contributed by atoms with E-state index in [1.807, 2.05) is 0 Å². The SMILES string of the molecule is CC[C@H]1CCCCN1C(=S)Nc1cccc(C)c1C. The lowest BCUT2D eigenvalue weighted by Gasteiger charge is -2.37. The minimum atomic E-state index is 0.610. The summed E-state index contributed by atoms with van der Waals surface area (Å²) in [5, 5.41) is 4.33. The molecule has 3 heteroatoms. The molecule has 1 aliphatic heterocycles. The summed E-state index contributed by atoms with van der Waals surface area (Å²) in [5.41, 5.74) is 3.74. The Balaban J connectivity index is 2.09. The average Bonchev–Trinajstić information content (AvgIpc) is 2.43. The number of aryl methyl sites for hydroxylation is 1. The maximum absolute atomic E-state index is 5.62. The highest BCUT2D eigenvalue weighted by atomic mass is 32.1. The van der Waals surface area contributed by atoms with Crippen LogP contribution in [0.5, 0.6) is 0 Å². The zero-order valence-corrected chi connectivity index (χ0v) is 13.0. The number of nitrogens with one attached hydrogen (secondary N) is 1. The molecule has 19 heavy (non-hydrogen) atoms. The van der Waals surface area contributed by atoms with E-state index in [0.717, 1.165) is 17.3 Å². The molecule has 0 saturated carbocycles. The van der Waals surface area contributed by atoms with Crippen molar-refractivity contribution in [1.29, 1.82) is 0 Å². The highest BCUT2D eigenvalue weighted by Crippen LogP contribution is 2.23. The highest BCUT2D eigenvalue weighted by molar-refractivity contribution is 7.80. The van der Waals surface area contributed by atoms with Crippen LogP contribution in [-0.4, -0.2) is 22.6 Å². The van der Waals surface area contributed by atoms with Gasteiger partial charge in [-0.15, -0.1) is 0 Å². The fraction of sp³-hybridized carbons (Fsp3) is 0.562. The molecule has 0 unspecified atom stereocenters. The molecule has 0 radical (unpaired) electrons. The molecule has 1 fully saturated rings. The van der Waals surface area contributed by atoms with E-state index >= 15 is 0 Å². The molecule has 0 aromatic heterocycles. The maximum Gasteiger partial charge on any atom is 0.173 e. The standard InChI is InChI=1S/C16H24N2S/c1-4-14-9-5-6-11-18(14)16(19)17-15-10-7-8-12(2)13(15)3/h7-8,10,14H,4-6,9,11H2,1-3H3,(H,17,19)/t14-/m0/s1. The van der Waals surface area contributed by atoms with Crippen LogP contribution in [0.15, 0.2) is 18.2 Å². The van der Waals surface area contributed by atoms with Crippen molar-refractivity contribution in [1.82, 2.24) is 4.90 Å². The summed E-state index contributed by atoms with van der Waals surface area (Å²) in [6.45, 7) is 7.63. The van der Waals surface area contributed by atoms with E-state index in [4.69, 9.17) is 12.2 Å². The number of hydrogen-bond acceptors (Lipinski definition) is 1. The van der Waals surface area contributed by atoms with Crippen LogP contribution in [0.4, 0.5) is 5.69 Å². The molecule has 1 aliphatic rings. The number of anilines is 1. The normalized spacial score (nSPS) is 19.3. The van der Waals surface area contributed by atoms with E-state index < -0.39 is 0 Å². The number of piperidine rings is 1. The molecule has 0 amide bonds. The molecule has 1 aromatic carbocycles.